The Kier molecular flexibility index (Phi) is 2.43. The second-order valence-corrected chi connectivity index (χ2v) is 4.30. The summed E-state index contributed by atoms with van der Waals surface area (Å²) in [4.78, 5) is 0. The second kappa shape index (κ2) is 2.46. The Hall–Kier alpha value is -0.0900. The van der Waals surface area contributed by atoms with Gasteiger partial charge in [0.05, 0.1) is 0 Å². The third-order valence-electron chi connectivity index (χ3n) is 0.969. The fourth-order valence-corrected chi connectivity index (χ4v) is 0.789. The van der Waals surface area contributed by atoms with Gasteiger partial charge in [-0.3, -0.25) is 0 Å². The molecule has 0 heterocycles. The zero-order valence-electron chi connectivity index (χ0n) is 5.09. The summed E-state index contributed by atoms with van der Waals surface area (Å²) in [5.74, 6) is 0.130. The molecule has 0 amide bonds. The molecule has 1 atom stereocenters. The van der Waals surface area contributed by atoms with Gasteiger partial charge in [0.1, 0.15) is 5.37 Å². The van der Waals surface area contributed by atoms with E-state index in [1.165, 1.54) is 6.92 Å². The molecule has 0 fully saturated rings. The highest BCUT2D eigenvalue weighted by molar-refractivity contribution is 7.91. The van der Waals surface area contributed by atoms with Gasteiger partial charge >= 0.3 is 0 Å². The van der Waals surface area contributed by atoms with E-state index in [2.05, 4.69) is 0 Å². The molecule has 0 aliphatic rings. The SMILES string of the molecule is CCS(=O)(=O)C(C)N. The maximum absolute atomic E-state index is 10.6. The van der Waals surface area contributed by atoms with Crippen molar-refractivity contribution < 1.29 is 8.42 Å². The van der Waals surface area contributed by atoms with Crippen LogP contribution in [0.15, 0.2) is 0 Å². The first kappa shape index (κ1) is 7.91. The smallest absolute Gasteiger partial charge is 0.165 e. The molecule has 0 bridgehead atoms. The van der Waals surface area contributed by atoms with E-state index in [0.29, 0.717) is 0 Å². The molecule has 0 radical (unpaired) electrons. The monoisotopic (exact) mass is 137 g/mol. The van der Waals surface area contributed by atoms with Crippen LogP contribution in [0.3, 0.4) is 0 Å². The van der Waals surface area contributed by atoms with Crippen LogP contribution in [-0.4, -0.2) is 19.5 Å². The highest BCUT2D eigenvalue weighted by Gasteiger charge is 2.11. The minimum atomic E-state index is -2.96. The lowest BCUT2D eigenvalue weighted by molar-refractivity contribution is 0.586. The predicted molar refractivity (Wildman–Crippen MR) is 33.1 cm³/mol. The molecular formula is C4H11NO2S. The Morgan fingerprint density at radius 3 is 2.00 bits per heavy atom. The van der Waals surface area contributed by atoms with Crippen LogP contribution >= 0.6 is 0 Å². The number of sulfone groups is 1. The minimum absolute atomic E-state index is 0.130. The van der Waals surface area contributed by atoms with Crippen LogP contribution in [-0.2, 0) is 9.84 Å². The van der Waals surface area contributed by atoms with Crippen LogP contribution in [0.1, 0.15) is 13.8 Å². The molecule has 8 heavy (non-hydrogen) atoms. The average Bonchev–Trinajstić information content (AvgIpc) is 1.67. The molecule has 0 spiro atoms. The van der Waals surface area contributed by atoms with Crippen molar-refractivity contribution in [2.45, 2.75) is 19.2 Å². The second-order valence-electron chi connectivity index (χ2n) is 1.66. The van der Waals surface area contributed by atoms with E-state index in [1.807, 2.05) is 0 Å². The van der Waals surface area contributed by atoms with Gasteiger partial charge in [0.25, 0.3) is 0 Å². The van der Waals surface area contributed by atoms with E-state index in [4.69, 9.17) is 5.73 Å². The molecule has 0 aromatic heterocycles. The fourth-order valence-electron chi connectivity index (χ4n) is 0.263. The van der Waals surface area contributed by atoms with E-state index in [0.717, 1.165) is 0 Å². The molecule has 1 unspecified atom stereocenters. The zero-order valence-corrected chi connectivity index (χ0v) is 5.90. The standard InChI is InChI=1S/C4H11NO2S/c1-3-8(6,7)4(2)5/h4H,3,5H2,1-2H3. The highest BCUT2D eigenvalue weighted by atomic mass is 32.2. The lowest BCUT2D eigenvalue weighted by Gasteiger charge is -2.01. The quantitative estimate of drug-likeness (QED) is 0.569. The van der Waals surface area contributed by atoms with Crippen molar-refractivity contribution in [3.05, 3.63) is 0 Å². The first-order chi connectivity index (χ1) is 3.50. The van der Waals surface area contributed by atoms with Crippen LogP contribution in [0.5, 0.6) is 0 Å². The molecule has 0 aromatic rings. The van der Waals surface area contributed by atoms with Gasteiger partial charge in [0, 0.05) is 5.75 Å². The summed E-state index contributed by atoms with van der Waals surface area (Å²) in [6.45, 7) is 3.05. The molecule has 0 rings (SSSR count). The Bertz CT molecular complexity index is 147. The summed E-state index contributed by atoms with van der Waals surface area (Å²) in [5, 5.41) is -0.715. The summed E-state index contributed by atoms with van der Waals surface area (Å²) in [6.07, 6.45) is 0. The molecule has 3 nitrogen and oxygen atoms in total. The number of hydrogen-bond acceptors (Lipinski definition) is 3. The van der Waals surface area contributed by atoms with Crippen LogP contribution in [0, 0.1) is 0 Å². The van der Waals surface area contributed by atoms with Gasteiger partial charge in [-0.05, 0) is 6.92 Å². The lowest BCUT2D eigenvalue weighted by Crippen LogP contribution is -2.28. The summed E-state index contributed by atoms with van der Waals surface area (Å²) in [6, 6.07) is 0. The highest BCUT2D eigenvalue weighted by Crippen LogP contribution is 1.92. The molecule has 2 N–H and O–H groups in total. The first-order valence-electron chi connectivity index (χ1n) is 2.48. The third kappa shape index (κ3) is 1.79. The van der Waals surface area contributed by atoms with Crippen LogP contribution in [0.2, 0.25) is 0 Å². The van der Waals surface area contributed by atoms with E-state index in [1.54, 1.807) is 6.92 Å². The summed E-state index contributed by atoms with van der Waals surface area (Å²) in [5.41, 5.74) is 5.09. The van der Waals surface area contributed by atoms with Gasteiger partial charge in [0.2, 0.25) is 0 Å². The summed E-state index contributed by atoms with van der Waals surface area (Å²) >= 11 is 0. The first-order valence-corrected chi connectivity index (χ1v) is 4.19. The van der Waals surface area contributed by atoms with Crippen LogP contribution in [0.25, 0.3) is 0 Å². The van der Waals surface area contributed by atoms with E-state index in [-0.39, 0.29) is 5.75 Å². The normalized spacial score (nSPS) is 15.9. The van der Waals surface area contributed by atoms with Crippen LogP contribution in [0.4, 0.5) is 0 Å². The van der Waals surface area contributed by atoms with Crippen molar-refractivity contribution in [3.8, 4) is 0 Å². The van der Waals surface area contributed by atoms with Crippen molar-refractivity contribution in [2.75, 3.05) is 5.75 Å². The molecule has 0 saturated carbocycles. The largest absolute Gasteiger partial charge is 0.315 e. The van der Waals surface area contributed by atoms with E-state index < -0.39 is 15.2 Å². The van der Waals surface area contributed by atoms with Crippen molar-refractivity contribution in [2.24, 2.45) is 5.73 Å². The van der Waals surface area contributed by atoms with Gasteiger partial charge < -0.3 is 5.73 Å². The van der Waals surface area contributed by atoms with Crippen LogP contribution < -0.4 is 5.73 Å². The number of nitrogens with two attached hydrogens (primary N) is 1. The predicted octanol–water partition coefficient (Wildman–Crippen LogP) is -0.274. The lowest BCUT2D eigenvalue weighted by atomic mass is 10.8. The fraction of sp³-hybridized carbons (Fsp3) is 1.00. The van der Waals surface area contributed by atoms with Crippen molar-refractivity contribution in [1.82, 2.24) is 0 Å². The molecule has 0 saturated heterocycles. The third-order valence-corrected chi connectivity index (χ3v) is 2.91. The number of rotatable bonds is 2. The minimum Gasteiger partial charge on any atom is -0.315 e. The molecule has 0 aromatic carbocycles. The van der Waals surface area contributed by atoms with E-state index >= 15 is 0 Å². The summed E-state index contributed by atoms with van der Waals surface area (Å²) < 4.78 is 21.1. The Labute approximate surface area is 49.8 Å². The maximum Gasteiger partial charge on any atom is 0.165 e. The Morgan fingerprint density at radius 2 is 2.00 bits per heavy atom. The molecule has 0 aliphatic carbocycles. The number of hydrogen-bond donors (Lipinski definition) is 1. The van der Waals surface area contributed by atoms with Crippen molar-refractivity contribution >= 4 is 9.84 Å². The van der Waals surface area contributed by atoms with Gasteiger partial charge in [-0.25, -0.2) is 8.42 Å². The zero-order chi connectivity index (χ0) is 6.78. The maximum atomic E-state index is 10.6. The van der Waals surface area contributed by atoms with Gasteiger partial charge in [0.15, 0.2) is 9.84 Å². The molecular weight excluding hydrogens is 126 g/mol. The Balaban J connectivity index is 4.17. The topological polar surface area (TPSA) is 60.2 Å². The van der Waals surface area contributed by atoms with Crippen molar-refractivity contribution in [3.63, 3.8) is 0 Å². The average molecular weight is 137 g/mol. The molecule has 0 aliphatic heterocycles. The molecule has 4 heteroatoms. The Morgan fingerprint density at radius 1 is 1.62 bits per heavy atom. The van der Waals surface area contributed by atoms with Gasteiger partial charge in [-0.15, -0.1) is 0 Å². The van der Waals surface area contributed by atoms with Gasteiger partial charge in [-0.2, -0.15) is 0 Å². The van der Waals surface area contributed by atoms with Crippen molar-refractivity contribution in [1.29, 1.82) is 0 Å². The van der Waals surface area contributed by atoms with Gasteiger partial charge in [-0.1, -0.05) is 6.92 Å². The van der Waals surface area contributed by atoms with E-state index in [9.17, 15) is 8.42 Å². The summed E-state index contributed by atoms with van der Waals surface area (Å²) in [7, 11) is -2.96. The molecule has 50 valence electrons.